The number of amides is 1. The Labute approximate surface area is 111 Å². The molecule has 104 valence electrons. The Bertz CT molecular complexity index is 471. The van der Waals surface area contributed by atoms with Gasteiger partial charge in [0.05, 0.1) is 6.33 Å². The molecule has 0 spiro atoms. The van der Waals surface area contributed by atoms with E-state index in [9.17, 15) is 9.59 Å². The fraction of sp³-hybridized carbons (Fsp3) is 0.583. The lowest BCUT2D eigenvalue weighted by Gasteiger charge is -2.22. The van der Waals surface area contributed by atoms with Gasteiger partial charge in [0, 0.05) is 12.6 Å². The van der Waals surface area contributed by atoms with Gasteiger partial charge in [0.2, 0.25) is 0 Å². The zero-order chi connectivity index (χ0) is 13.8. The van der Waals surface area contributed by atoms with Crippen LogP contribution in [0, 0.1) is 0 Å². The molecule has 7 heteroatoms. The van der Waals surface area contributed by atoms with Crippen molar-refractivity contribution in [1.29, 1.82) is 0 Å². The number of carboxylic acid groups (broad SMARTS) is 1. The molecule has 0 radical (unpaired) electrons. The number of H-pyrrole nitrogens is 1. The lowest BCUT2D eigenvalue weighted by molar-refractivity contribution is 0.0684. The molecular formula is C12H18N4O3. The minimum atomic E-state index is -1.18. The number of rotatable bonds is 5. The summed E-state index contributed by atoms with van der Waals surface area (Å²) in [6, 6.07) is 0.334. The van der Waals surface area contributed by atoms with Gasteiger partial charge in [-0.3, -0.25) is 9.69 Å². The average molecular weight is 266 g/mol. The van der Waals surface area contributed by atoms with Crippen LogP contribution in [0.5, 0.6) is 0 Å². The largest absolute Gasteiger partial charge is 0.477 e. The summed E-state index contributed by atoms with van der Waals surface area (Å²) in [5, 5.41) is 11.7. The smallest absolute Gasteiger partial charge is 0.354 e. The number of carbonyl (C=O) groups excluding carboxylic acids is 1. The number of nitrogens with one attached hydrogen (secondary N) is 2. The molecule has 1 aliphatic heterocycles. The third kappa shape index (κ3) is 2.93. The number of aromatic amines is 1. The molecule has 0 aromatic carbocycles. The van der Waals surface area contributed by atoms with Gasteiger partial charge < -0.3 is 15.4 Å². The first-order chi connectivity index (χ1) is 9.13. The fourth-order valence-corrected chi connectivity index (χ4v) is 2.47. The van der Waals surface area contributed by atoms with Crippen molar-refractivity contribution < 1.29 is 14.7 Å². The van der Waals surface area contributed by atoms with Crippen LogP contribution < -0.4 is 5.32 Å². The van der Waals surface area contributed by atoms with Crippen molar-refractivity contribution in [2.24, 2.45) is 0 Å². The molecular weight excluding hydrogens is 248 g/mol. The molecule has 1 aromatic rings. The number of hydrogen-bond donors (Lipinski definition) is 3. The van der Waals surface area contributed by atoms with Gasteiger partial charge in [0.15, 0.2) is 11.4 Å². The van der Waals surface area contributed by atoms with Gasteiger partial charge in [-0.05, 0) is 25.9 Å². The number of likely N-dealkylation sites (tertiary alicyclic amines) is 1. The number of aromatic nitrogens is 2. The number of hydrogen-bond acceptors (Lipinski definition) is 4. The van der Waals surface area contributed by atoms with Crippen molar-refractivity contribution in [2.45, 2.75) is 25.8 Å². The van der Waals surface area contributed by atoms with Gasteiger partial charge in [0.25, 0.3) is 5.91 Å². The van der Waals surface area contributed by atoms with Gasteiger partial charge >= 0.3 is 5.97 Å². The van der Waals surface area contributed by atoms with Gasteiger partial charge in [-0.25, -0.2) is 9.78 Å². The highest BCUT2D eigenvalue weighted by Crippen LogP contribution is 2.15. The van der Waals surface area contributed by atoms with E-state index in [2.05, 4.69) is 27.1 Å². The first-order valence-corrected chi connectivity index (χ1v) is 6.42. The minimum Gasteiger partial charge on any atom is -0.477 e. The Morgan fingerprint density at radius 3 is 3.11 bits per heavy atom. The second kappa shape index (κ2) is 5.83. The van der Waals surface area contributed by atoms with E-state index in [0.717, 1.165) is 25.9 Å². The molecule has 2 heterocycles. The van der Waals surface area contributed by atoms with Gasteiger partial charge in [-0.15, -0.1) is 0 Å². The van der Waals surface area contributed by atoms with Crippen molar-refractivity contribution in [1.82, 2.24) is 20.2 Å². The van der Waals surface area contributed by atoms with Crippen LogP contribution in [0.1, 0.15) is 40.7 Å². The van der Waals surface area contributed by atoms with E-state index in [4.69, 9.17) is 5.11 Å². The van der Waals surface area contributed by atoms with Crippen LogP contribution in [0.4, 0.5) is 0 Å². The first kappa shape index (κ1) is 13.5. The number of carboxylic acids is 1. The maximum Gasteiger partial charge on any atom is 0.354 e. The average Bonchev–Trinajstić information content (AvgIpc) is 3.04. The van der Waals surface area contributed by atoms with E-state index in [1.807, 2.05) is 0 Å². The Hall–Kier alpha value is -1.89. The van der Waals surface area contributed by atoms with E-state index >= 15 is 0 Å². The molecule has 1 fully saturated rings. The van der Waals surface area contributed by atoms with E-state index in [-0.39, 0.29) is 11.4 Å². The van der Waals surface area contributed by atoms with Crippen LogP contribution in [0.3, 0.4) is 0 Å². The zero-order valence-electron chi connectivity index (χ0n) is 10.8. The molecule has 2 rings (SSSR count). The van der Waals surface area contributed by atoms with Crippen LogP contribution >= 0.6 is 0 Å². The van der Waals surface area contributed by atoms with Crippen LogP contribution in [-0.2, 0) is 0 Å². The van der Waals surface area contributed by atoms with Gasteiger partial charge in [-0.2, -0.15) is 0 Å². The molecule has 1 unspecified atom stereocenters. The van der Waals surface area contributed by atoms with Crippen molar-refractivity contribution in [3.63, 3.8) is 0 Å². The predicted octanol–water partition coefficient (Wildman–Crippen LogP) is 0.322. The summed E-state index contributed by atoms with van der Waals surface area (Å²) in [5.74, 6) is -1.62. The number of nitrogens with zero attached hydrogens (tertiary/aromatic N) is 2. The molecule has 3 N–H and O–H groups in total. The Kier molecular flexibility index (Phi) is 4.16. The molecule has 19 heavy (non-hydrogen) atoms. The van der Waals surface area contributed by atoms with E-state index in [1.165, 1.54) is 6.33 Å². The minimum absolute atomic E-state index is 0.0615. The third-order valence-corrected chi connectivity index (χ3v) is 3.47. The van der Waals surface area contributed by atoms with Gasteiger partial charge in [-0.1, -0.05) is 6.92 Å². The highest BCUT2D eigenvalue weighted by atomic mass is 16.4. The monoisotopic (exact) mass is 266 g/mol. The Morgan fingerprint density at radius 1 is 1.63 bits per heavy atom. The second-order valence-electron chi connectivity index (χ2n) is 4.57. The highest BCUT2D eigenvalue weighted by molar-refractivity contribution is 6.02. The summed E-state index contributed by atoms with van der Waals surface area (Å²) in [6.45, 7) is 4.64. The molecule has 0 aliphatic carbocycles. The van der Waals surface area contributed by atoms with Gasteiger partial charge in [0.1, 0.15) is 0 Å². The third-order valence-electron chi connectivity index (χ3n) is 3.47. The van der Waals surface area contributed by atoms with Crippen LogP contribution in [0.15, 0.2) is 6.33 Å². The molecule has 0 bridgehead atoms. The fourth-order valence-electron chi connectivity index (χ4n) is 2.47. The zero-order valence-corrected chi connectivity index (χ0v) is 10.8. The quantitative estimate of drug-likeness (QED) is 0.713. The number of likely N-dealkylation sites (N-methyl/N-ethyl adjacent to an activating group) is 1. The summed E-state index contributed by atoms with van der Waals surface area (Å²) in [4.78, 5) is 31.3. The number of carbonyl (C=O) groups is 2. The number of aromatic carboxylic acids is 1. The standard InChI is InChI=1S/C12H18N4O3/c1-2-16-5-3-4-8(16)6-13-11(17)9-10(12(18)19)15-7-14-9/h7-8H,2-6H2,1H3,(H,13,17)(H,14,15)(H,18,19). The van der Waals surface area contributed by atoms with E-state index in [0.29, 0.717) is 12.6 Å². The molecule has 1 aromatic heterocycles. The lowest BCUT2D eigenvalue weighted by atomic mass is 10.2. The summed E-state index contributed by atoms with van der Waals surface area (Å²) < 4.78 is 0. The molecule has 1 aliphatic rings. The van der Waals surface area contributed by atoms with E-state index in [1.54, 1.807) is 0 Å². The Balaban J connectivity index is 1.94. The second-order valence-corrected chi connectivity index (χ2v) is 4.57. The summed E-state index contributed by atoms with van der Waals surface area (Å²) >= 11 is 0. The highest BCUT2D eigenvalue weighted by Gasteiger charge is 2.25. The number of imidazole rings is 1. The first-order valence-electron chi connectivity index (χ1n) is 6.42. The molecule has 0 saturated carbocycles. The molecule has 1 saturated heterocycles. The van der Waals surface area contributed by atoms with Crippen LogP contribution in [0.25, 0.3) is 0 Å². The van der Waals surface area contributed by atoms with Crippen molar-refractivity contribution >= 4 is 11.9 Å². The van der Waals surface area contributed by atoms with Crippen molar-refractivity contribution in [3.05, 3.63) is 17.7 Å². The van der Waals surface area contributed by atoms with Crippen molar-refractivity contribution in [3.8, 4) is 0 Å². The topological polar surface area (TPSA) is 98.3 Å². The van der Waals surface area contributed by atoms with Crippen LogP contribution in [0.2, 0.25) is 0 Å². The summed E-state index contributed by atoms with van der Waals surface area (Å²) in [6.07, 6.45) is 3.41. The van der Waals surface area contributed by atoms with Crippen LogP contribution in [-0.4, -0.2) is 57.5 Å². The Morgan fingerprint density at radius 2 is 2.42 bits per heavy atom. The normalized spacial score (nSPS) is 19.5. The molecule has 7 nitrogen and oxygen atoms in total. The maximum atomic E-state index is 11.9. The maximum absolute atomic E-state index is 11.9. The van der Waals surface area contributed by atoms with E-state index < -0.39 is 11.9 Å². The summed E-state index contributed by atoms with van der Waals surface area (Å²) in [5.41, 5.74) is -0.232. The van der Waals surface area contributed by atoms with Crippen molar-refractivity contribution in [2.75, 3.05) is 19.6 Å². The molecule has 1 atom stereocenters. The molecule has 1 amide bonds. The lowest BCUT2D eigenvalue weighted by Crippen LogP contribution is -2.40. The summed E-state index contributed by atoms with van der Waals surface area (Å²) in [7, 11) is 0. The predicted molar refractivity (Wildman–Crippen MR) is 68.1 cm³/mol. The SMILES string of the molecule is CCN1CCCC1CNC(=O)c1nc[nH]c1C(=O)O.